The Balaban J connectivity index is 2.18. The molecule has 0 aliphatic carbocycles. The molecule has 16 heavy (non-hydrogen) atoms. The number of aliphatic carboxylic acids is 1. The number of nitrogens with one attached hydrogen (secondary N) is 1. The van der Waals surface area contributed by atoms with Gasteiger partial charge in [0, 0.05) is 18.1 Å². The van der Waals surface area contributed by atoms with Crippen LogP contribution in [0.1, 0.15) is 0 Å². The number of imide groups is 1. The van der Waals surface area contributed by atoms with E-state index in [1.165, 1.54) is 11.8 Å². The van der Waals surface area contributed by atoms with Gasteiger partial charge < -0.3 is 16.2 Å². The Morgan fingerprint density at radius 1 is 1.62 bits per heavy atom. The number of carboxylic acids is 1. The topological polar surface area (TPSA) is 113 Å². The third kappa shape index (κ3) is 3.38. The quantitative estimate of drug-likeness (QED) is 0.396. The lowest BCUT2D eigenvalue weighted by Crippen LogP contribution is -2.35. The molecule has 1 saturated heterocycles. The molecule has 4 N–H and O–H groups in total. The first-order chi connectivity index (χ1) is 7.52. The molecule has 8 heteroatoms. The molecule has 0 unspecified atom stereocenters. The van der Waals surface area contributed by atoms with Gasteiger partial charge in [0.2, 0.25) is 5.91 Å². The molecule has 0 aromatic heterocycles. The molecule has 1 aliphatic rings. The van der Waals surface area contributed by atoms with Gasteiger partial charge in [-0.2, -0.15) is 11.8 Å². The van der Waals surface area contributed by atoms with Gasteiger partial charge in [-0.05, 0) is 0 Å². The van der Waals surface area contributed by atoms with Crippen LogP contribution >= 0.6 is 11.8 Å². The molecule has 1 aliphatic heterocycles. The minimum Gasteiger partial charge on any atom is -0.480 e. The third-order valence-corrected chi connectivity index (χ3v) is 3.08. The van der Waals surface area contributed by atoms with Crippen LogP contribution in [0.25, 0.3) is 0 Å². The lowest BCUT2D eigenvalue weighted by molar-refractivity contribution is -0.138. The van der Waals surface area contributed by atoms with E-state index < -0.39 is 18.0 Å². The van der Waals surface area contributed by atoms with Crippen LogP contribution < -0.4 is 11.1 Å². The Morgan fingerprint density at radius 2 is 2.31 bits per heavy atom. The normalized spacial score (nSPS) is 17.4. The second-order valence-electron chi connectivity index (χ2n) is 3.22. The van der Waals surface area contributed by atoms with Crippen LogP contribution in [0.2, 0.25) is 0 Å². The van der Waals surface area contributed by atoms with Gasteiger partial charge in [-0.15, -0.1) is 0 Å². The Hall–Kier alpha value is -1.28. The second kappa shape index (κ2) is 5.71. The van der Waals surface area contributed by atoms with Gasteiger partial charge in [-0.1, -0.05) is 0 Å². The first kappa shape index (κ1) is 12.8. The number of carboxylic acid groups (broad SMARTS) is 1. The number of hydrogen-bond acceptors (Lipinski definition) is 5. The molecular formula is C8H13N3O4S. The van der Waals surface area contributed by atoms with E-state index in [1.807, 2.05) is 0 Å². The van der Waals surface area contributed by atoms with Crippen LogP contribution in [-0.2, 0) is 9.59 Å². The number of thioether (sulfide) groups is 1. The first-order valence-electron chi connectivity index (χ1n) is 4.66. The summed E-state index contributed by atoms with van der Waals surface area (Å²) in [4.78, 5) is 33.7. The molecule has 0 aromatic rings. The average molecular weight is 247 g/mol. The average Bonchev–Trinajstić information content (AvgIpc) is 2.54. The van der Waals surface area contributed by atoms with Gasteiger partial charge in [-0.3, -0.25) is 14.5 Å². The highest BCUT2D eigenvalue weighted by molar-refractivity contribution is 7.99. The zero-order chi connectivity index (χ0) is 12.1. The largest absolute Gasteiger partial charge is 0.480 e. The Bertz CT molecular complexity index is 294. The molecule has 1 fully saturated rings. The monoisotopic (exact) mass is 247 g/mol. The molecule has 0 aromatic carbocycles. The van der Waals surface area contributed by atoms with E-state index in [4.69, 9.17) is 10.8 Å². The summed E-state index contributed by atoms with van der Waals surface area (Å²) in [5.41, 5.74) is 5.29. The van der Waals surface area contributed by atoms with Crippen molar-refractivity contribution in [2.45, 2.75) is 6.04 Å². The van der Waals surface area contributed by atoms with E-state index in [-0.39, 0.29) is 24.7 Å². The smallest absolute Gasteiger partial charge is 0.324 e. The van der Waals surface area contributed by atoms with Crippen LogP contribution in [-0.4, -0.2) is 58.6 Å². The zero-order valence-electron chi connectivity index (χ0n) is 8.51. The minimum absolute atomic E-state index is 0.0398. The Kier molecular flexibility index (Phi) is 4.56. The molecule has 0 bridgehead atoms. The maximum atomic E-state index is 11.1. The predicted octanol–water partition coefficient (Wildman–Crippen LogP) is -1.32. The molecule has 0 spiro atoms. The highest BCUT2D eigenvalue weighted by atomic mass is 32.2. The SMILES string of the molecule is N[C@@H](CSCCN1C(=O)CNC1=O)C(=O)O. The number of urea groups is 1. The summed E-state index contributed by atoms with van der Waals surface area (Å²) < 4.78 is 0. The van der Waals surface area contributed by atoms with Crippen molar-refractivity contribution in [3.63, 3.8) is 0 Å². The molecule has 0 radical (unpaired) electrons. The number of carbonyl (C=O) groups excluding carboxylic acids is 2. The van der Waals surface area contributed by atoms with E-state index in [9.17, 15) is 14.4 Å². The summed E-state index contributed by atoms with van der Waals surface area (Å²) in [6, 6.07) is -1.30. The highest BCUT2D eigenvalue weighted by Gasteiger charge is 2.27. The summed E-state index contributed by atoms with van der Waals surface area (Å²) in [6.45, 7) is 0.319. The number of nitrogens with two attached hydrogens (primary N) is 1. The van der Waals surface area contributed by atoms with Crippen molar-refractivity contribution in [3.05, 3.63) is 0 Å². The third-order valence-electron chi connectivity index (χ3n) is 2.01. The molecule has 3 amide bonds. The van der Waals surface area contributed by atoms with E-state index in [2.05, 4.69) is 5.32 Å². The molecule has 1 heterocycles. The summed E-state index contributed by atoms with van der Waals surface area (Å²) in [5, 5.41) is 10.9. The van der Waals surface area contributed by atoms with E-state index in [0.717, 1.165) is 4.90 Å². The van der Waals surface area contributed by atoms with E-state index in [1.54, 1.807) is 0 Å². The van der Waals surface area contributed by atoms with E-state index >= 15 is 0 Å². The molecule has 7 nitrogen and oxygen atoms in total. The molecule has 1 rings (SSSR count). The number of hydrogen-bond donors (Lipinski definition) is 3. The van der Waals surface area contributed by atoms with Crippen molar-refractivity contribution in [2.24, 2.45) is 5.73 Å². The Morgan fingerprint density at radius 3 is 2.81 bits per heavy atom. The molecule has 1 atom stereocenters. The first-order valence-corrected chi connectivity index (χ1v) is 5.82. The van der Waals surface area contributed by atoms with Gasteiger partial charge in [-0.25, -0.2) is 4.79 Å². The fourth-order valence-corrected chi connectivity index (χ4v) is 1.99. The maximum Gasteiger partial charge on any atom is 0.324 e. The van der Waals surface area contributed by atoms with Crippen molar-refractivity contribution in [1.29, 1.82) is 0 Å². The van der Waals surface area contributed by atoms with Crippen LogP contribution in [0.5, 0.6) is 0 Å². The van der Waals surface area contributed by atoms with Crippen LogP contribution in [0.3, 0.4) is 0 Å². The van der Waals surface area contributed by atoms with Crippen molar-refractivity contribution in [1.82, 2.24) is 10.2 Å². The summed E-state index contributed by atoms with van der Waals surface area (Å²) in [5.74, 6) is -0.560. The van der Waals surface area contributed by atoms with Crippen LogP contribution in [0, 0.1) is 0 Å². The van der Waals surface area contributed by atoms with Gasteiger partial charge in [0.05, 0.1) is 6.54 Å². The predicted molar refractivity (Wildman–Crippen MR) is 58.0 cm³/mol. The summed E-state index contributed by atoms with van der Waals surface area (Å²) in [7, 11) is 0. The fourth-order valence-electron chi connectivity index (χ4n) is 1.12. The number of rotatable bonds is 6. The Labute approximate surface area is 96.3 Å². The highest BCUT2D eigenvalue weighted by Crippen LogP contribution is 2.05. The van der Waals surface area contributed by atoms with Crippen molar-refractivity contribution < 1.29 is 19.5 Å². The lowest BCUT2D eigenvalue weighted by atomic mass is 10.4. The number of nitrogens with zero attached hydrogens (tertiary/aromatic N) is 1. The maximum absolute atomic E-state index is 11.1. The molecular weight excluding hydrogens is 234 g/mol. The number of amides is 3. The number of carbonyl (C=O) groups is 3. The zero-order valence-corrected chi connectivity index (χ0v) is 9.33. The van der Waals surface area contributed by atoms with Crippen LogP contribution in [0.15, 0.2) is 0 Å². The second-order valence-corrected chi connectivity index (χ2v) is 4.37. The van der Waals surface area contributed by atoms with Gasteiger partial charge in [0.1, 0.15) is 6.04 Å². The van der Waals surface area contributed by atoms with E-state index in [0.29, 0.717) is 5.75 Å². The van der Waals surface area contributed by atoms with Crippen molar-refractivity contribution in [3.8, 4) is 0 Å². The summed E-state index contributed by atoms with van der Waals surface area (Å²) >= 11 is 1.30. The van der Waals surface area contributed by atoms with Crippen LogP contribution in [0.4, 0.5) is 4.79 Å². The van der Waals surface area contributed by atoms with Gasteiger partial charge >= 0.3 is 12.0 Å². The molecule has 0 saturated carbocycles. The summed E-state index contributed by atoms with van der Waals surface area (Å²) in [6.07, 6.45) is 0. The van der Waals surface area contributed by atoms with Crippen molar-refractivity contribution in [2.75, 3.05) is 24.6 Å². The minimum atomic E-state index is -1.05. The standard InChI is InChI=1S/C8H13N3O4S/c9-5(7(13)14)4-16-2-1-11-6(12)3-10-8(11)15/h5H,1-4,9H2,(H,10,15)(H,13,14)/t5-/m0/s1. The molecule has 90 valence electrons. The van der Waals surface area contributed by atoms with Gasteiger partial charge in [0.15, 0.2) is 0 Å². The fraction of sp³-hybridized carbons (Fsp3) is 0.625. The lowest BCUT2D eigenvalue weighted by Gasteiger charge is -2.12. The van der Waals surface area contributed by atoms with Gasteiger partial charge in [0.25, 0.3) is 0 Å². The van der Waals surface area contributed by atoms with Crippen molar-refractivity contribution >= 4 is 29.7 Å².